The summed E-state index contributed by atoms with van der Waals surface area (Å²) in [6.45, 7) is 5.87. The zero-order valence-electron chi connectivity index (χ0n) is 14.3. The highest BCUT2D eigenvalue weighted by Gasteiger charge is 2.35. The lowest BCUT2D eigenvalue weighted by molar-refractivity contribution is 0.161. The molecule has 1 atom stereocenters. The SMILES string of the molecule is CCn1cc2c(n1)C(COC)CN(S(=O)(=O)c1cccc(C)c1)C2. The van der Waals surface area contributed by atoms with Crippen molar-refractivity contribution in [2.24, 2.45) is 0 Å². The van der Waals surface area contributed by atoms with E-state index in [9.17, 15) is 8.42 Å². The van der Waals surface area contributed by atoms with Gasteiger partial charge in [0.1, 0.15) is 0 Å². The predicted molar refractivity (Wildman–Crippen MR) is 91.3 cm³/mol. The van der Waals surface area contributed by atoms with Gasteiger partial charge in [-0.1, -0.05) is 12.1 Å². The van der Waals surface area contributed by atoms with Gasteiger partial charge in [-0.05, 0) is 31.5 Å². The predicted octanol–water partition coefficient (Wildman–Crippen LogP) is 2.15. The molecule has 24 heavy (non-hydrogen) atoms. The Morgan fingerprint density at radius 3 is 2.83 bits per heavy atom. The van der Waals surface area contributed by atoms with Crippen LogP contribution in [0.2, 0.25) is 0 Å². The van der Waals surface area contributed by atoms with Crippen molar-refractivity contribution >= 4 is 10.0 Å². The van der Waals surface area contributed by atoms with Crippen LogP contribution in [0.3, 0.4) is 0 Å². The summed E-state index contributed by atoms with van der Waals surface area (Å²) in [4.78, 5) is 0.338. The van der Waals surface area contributed by atoms with Crippen molar-refractivity contribution < 1.29 is 13.2 Å². The molecule has 3 rings (SSSR count). The van der Waals surface area contributed by atoms with E-state index in [-0.39, 0.29) is 5.92 Å². The van der Waals surface area contributed by atoms with Crippen LogP contribution in [0, 0.1) is 6.92 Å². The lowest BCUT2D eigenvalue weighted by Gasteiger charge is -2.31. The van der Waals surface area contributed by atoms with E-state index in [1.54, 1.807) is 25.3 Å². The average molecular weight is 349 g/mol. The second kappa shape index (κ2) is 6.66. The van der Waals surface area contributed by atoms with Gasteiger partial charge in [0, 0.05) is 44.4 Å². The first kappa shape index (κ1) is 17.1. The van der Waals surface area contributed by atoms with Gasteiger partial charge in [0.2, 0.25) is 10.0 Å². The largest absolute Gasteiger partial charge is 0.384 e. The number of aryl methyl sites for hydroxylation is 2. The Hall–Kier alpha value is -1.70. The van der Waals surface area contributed by atoms with E-state index in [1.807, 2.05) is 30.8 Å². The minimum absolute atomic E-state index is 0.0499. The highest BCUT2D eigenvalue weighted by molar-refractivity contribution is 7.89. The number of aromatic nitrogens is 2. The first-order valence-electron chi connectivity index (χ1n) is 8.07. The minimum Gasteiger partial charge on any atom is -0.384 e. The fourth-order valence-corrected chi connectivity index (χ4v) is 4.70. The molecule has 1 aromatic heterocycles. The highest BCUT2D eigenvalue weighted by atomic mass is 32.2. The summed E-state index contributed by atoms with van der Waals surface area (Å²) in [7, 11) is -1.91. The average Bonchev–Trinajstić information content (AvgIpc) is 2.98. The van der Waals surface area contributed by atoms with Crippen LogP contribution in [0.4, 0.5) is 0 Å². The topological polar surface area (TPSA) is 64.4 Å². The second-order valence-electron chi connectivity index (χ2n) is 6.16. The van der Waals surface area contributed by atoms with Gasteiger partial charge in [0.05, 0.1) is 17.2 Å². The summed E-state index contributed by atoms with van der Waals surface area (Å²) in [5.74, 6) is -0.0499. The fraction of sp³-hybridized carbons (Fsp3) is 0.471. The molecular weight excluding hydrogens is 326 g/mol. The van der Waals surface area contributed by atoms with E-state index < -0.39 is 10.0 Å². The molecule has 1 aliphatic rings. The van der Waals surface area contributed by atoms with Crippen molar-refractivity contribution in [1.29, 1.82) is 0 Å². The molecule has 0 aliphatic carbocycles. The summed E-state index contributed by atoms with van der Waals surface area (Å²) in [5.41, 5.74) is 2.84. The third-order valence-electron chi connectivity index (χ3n) is 4.35. The van der Waals surface area contributed by atoms with E-state index in [0.29, 0.717) is 24.6 Å². The Balaban J connectivity index is 1.97. The van der Waals surface area contributed by atoms with Gasteiger partial charge in [-0.3, -0.25) is 4.68 Å². The van der Waals surface area contributed by atoms with Crippen molar-refractivity contribution in [3.8, 4) is 0 Å². The molecule has 0 N–H and O–H groups in total. The first-order valence-corrected chi connectivity index (χ1v) is 9.51. The normalized spacial score (nSPS) is 18.5. The van der Waals surface area contributed by atoms with Crippen LogP contribution in [0.5, 0.6) is 0 Å². The van der Waals surface area contributed by atoms with Gasteiger partial charge in [0.25, 0.3) is 0 Å². The molecular formula is C17H23N3O3S. The van der Waals surface area contributed by atoms with Gasteiger partial charge < -0.3 is 4.74 Å². The molecule has 0 saturated heterocycles. The maximum absolute atomic E-state index is 13.0. The molecule has 2 heterocycles. The van der Waals surface area contributed by atoms with Crippen LogP contribution in [-0.2, 0) is 27.8 Å². The summed E-state index contributed by atoms with van der Waals surface area (Å²) in [6.07, 6.45) is 1.94. The molecule has 0 amide bonds. The monoisotopic (exact) mass is 349 g/mol. The number of methoxy groups -OCH3 is 1. The Kier molecular flexibility index (Phi) is 4.76. The van der Waals surface area contributed by atoms with Gasteiger partial charge in [0.15, 0.2) is 0 Å². The number of fused-ring (bicyclic) bond motifs is 1. The lowest BCUT2D eigenvalue weighted by atomic mass is 9.99. The molecule has 0 spiro atoms. The summed E-state index contributed by atoms with van der Waals surface area (Å²) in [6, 6.07) is 7.04. The summed E-state index contributed by atoms with van der Waals surface area (Å²) in [5, 5.41) is 4.59. The third-order valence-corrected chi connectivity index (χ3v) is 6.15. The molecule has 7 heteroatoms. The molecule has 0 bridgehead atoms. The van der Waals surface area contributed by atoms with Gasteiger partial charge >= 0.3 is 0 Å². The van der Waals surface area contributed by atoms with Crippen molar-refractivity contribution in [2.45, 2.75) is 37.8 Å². The standard InChI is InChI=1S/C17H23N3O3S/c1-4-19-9-14-10-20(11-15(12-23-3)17(14)18-19)24(21,22)16-7-5-6-13(2)8-16/h5-9,15H,4,10-12H2,1-3H3. The van der Waals surface area contributed by atoms with E-state index in [2.05, 4.69) is 5.10 Å². The first-order chi connectivity index (χ1) is 11.5. The molecule has 130 valence electrons. The molecule has 2 aromatic rings. The Labute approximate surface area is 143 Å². The van der Waals surface area contributed by atoms with Gasteiger partial charge in [-0.25, -0.2) is 8.42 Å². The lowest BCUT2D eigenvalue weighted by Crippen LogP contribution is -2.39. The molecule has 0 fully saturated rings. The van der Waals surface area contributed by atoms with Crippen LogP contribution in [0.1, 0.15) is 29.7 Å². The van der Waals surface area contributed by atoms with Crippen LogP contribution in [-0.4, -0.2) is 42.8 Å². The number of nitrogens with zero attached hydrogens (tertiary/aromatic N) is 3. The number of hydrogen-bond donors (Lipinski definition) is 0. The summed E-state index contributed by atoms with van der Waals surface area (Å²) < 4.78 is 34.8. The third kappa shape index (κ3) is 3.11. The maximum atomic E-state index is 13.0. The van der Waals surface area contributed by atoms with Crippen LogP contribution >= 0.6 is 0 Å². The van der Waals surface area contributed by atoms with E-state index in [1.165, 1.54) is 4.31 Å². The molecule has 1 unspecified atom stereocenters. The number of hydrogen-bond acceptors (Lipinski definition) is 4. The summed E-state index contributed by atoms with van der Waals surface area (Å²) >= 11 is 0. The van der Waals surface area contributed by atoms with Crippen molar-refractivity contribution in [1.82, 2.24) is 14.1 Å². The van der Waals surface area contributed by atoms with E-state index in [4.69, 9.17) is 4.74 Å². The minimum atomic E-state index is -3.54. The number of sulfonamides is 1. The van der Waals surface area contributed by atoms with Crippen molar-refractivity contribution in [3.05, 3.63) is 47.3 Å². The molecule has 6 nitrogen and oxygen atoms in total. The Morgan fingerprint density at radius 2 is 2.17 bits per heavy atom. The number of ether oxygens (including phenoxy) is 1. The Morgan fingerprint density at radius 1 is 1.38 bits per heavy atom. The maximum Gasteiger partial charge on any atom is 0.243 e. The second-order valence-corrected chi connectivity index (χ2v) is 8.10. The van der Waals surface area contributed by atoms with Crippen molar-refractivity contribution in [2.75, 3.05) is 20.3 Å². The highest BCUT2D eigenvalue weighted by Crippen LogP contribution is 2.31. The van der Waals surface area contributed by atoms with Gasteiger partial charge in [-0.15, -0.1) is 0 Å². The number of rotatable bonds is 5. The zero-order chi connectivity index (χ0) is 17.3. The smallest absolute Gasteiger partial charge is 0.243 e. The number of benzene rings is 1. The van der Waals surface area contributed by atoms with Crippen LogP contribution < -0.4 is 0 Å². The van der Waals surface area contributed by atoms with Gasteiger partial charge in [-0.2, -0.15) is 9.40 Å². The molecule has 0 saturated carbocycles. The zero-order valence-corrected chi connectivity index (χ0v) is 15.1. The molecule has 1 aliphatic heterocycles. The molecule has 1 aromatic carbocycles. The van der Waals surface area contributed by atoms with Crippen LogP contribution in [0.25, 0.3) is 0 Å². The van der Waals surface area contributed by atoms with Crippen LogP contribution in [0.15, 0.2) is 35.4 Å². The van der Waals surface area contributed by atoms with E-state index in [0.717, 1.165) is 23.4 Å². The van der Waals surface area contributed by atoms with E-state index >= 15 is 0 Å². The Bertz CT molecular complexity index is 829. The van der Waals surface area contributed by atoms with Crippen molar-refractivity contribution in [3.63, 3.8) is 0 Å². The molecule has 0 radical (unpaired) electrons. The quantitative estimate of drug-likeness (QED) is 0.830. The fourth-order valence-electron chi connectivity index (χ4n) is 3.13.